The van der Waals surface area contributed by atoms with Gasteiger partial charge in [-0.1, -0.05) is 28.8 Å². The van der Waals surface area contributed by atoms with E-state index in [0.29, 0.717) is 0 Å². The Labute approximate surface area is 133 Å². The molecule has 1 aliphatic carbocycles. The number of imidazole rings is 1. The van der Waals surface area contributed by atoms with Gasteiger partial charge in [0.2, 0.25) is 0 Å². The average Bonchev–Trinajstić information content (AvgIpc) is 2.96. The highest BCUT2D eigenvalue weighted by Crippen LogP contribution is 2.36. The predicted octanol–water partition coefficient (Wildman–Crippen LogP) is 4.34. The van der Waals surface area contributed by atoms with Crippen molar-refractivity contribution < 1.29 is 0 Å². The van der Waals surface area contributed by atoms with Crippen LogP contribution >= 0.6 is 28.1 Å². The number of H-pyrrole nitrogens is 1. The van der Waals surface area contributed by atoms with E-state index < -0.39 is 0 Å². The van der Waals surface area contributed by atoms with Gasteiger partial charge >= 0.3 is 0 Å². The highest BCUT2D eigenvalue weighted by molar-refractivity contribution is 9.10. The Bertz CT molecular complexity index is 680. The highest BCUT2D eigenvalue weighted by atomic mass is 79.9. The molecule has 1 N–H and O–H groups in total. The van der Waals surface area contributed by atoms with Crippen molar-refractivity contribution in [1.29, 1.82) is 0 Å². The van der Waals surface area contributed by atoms with Gasteiger partial charge in [0.15, 0.2) is 4.77 Å². The molecule has 0 bridgehead atoms. The van der Waals surface area contributed by atoms with E-state index in [9.17, 15) is 0 Å². The maximum absolute atomic E-state index is 5.54. The van der Waals surface area contributed by atoms with Gasteiger partial charge in [0.05, 0.1) is 11.0 Å². The molecule has 1 heterocycles. The largest absolute Gasteiger partial charge is 0.331 e. The third-order valence-electron chi connectivity index (χ3n) is 4.67. The Kier molecular flexibility index (Phi) is 3.77. The van der Waals surface area contributed by atoms with Gasteiger partial charge in [0, 0.05) is 16.6 Å². The van der Waals surface area contributed by atoms with Crippen LogP contribution in [0.2, 0.25) is 0 Å². The minimum atomic E-state index is 0.250. The number of aromatic nitrogens is 2. The van der Waals surface area contributed by atoms with Gasteiger partial charge in [-0.05, 0) is 57.4 Å². The third-order valence-corrected chi connectivity index (χ3v) is 5.49. The molecule has 0 atom stereocenters. The predicted molar refractivity (Wildman–Crippen MR) is 89.7 cm³/mol. The van der Waals surface area contributed by atoms with Gasteiger partial charge in [-0.15, -0.1) is 0 Å². The van der Waals surface area contributed by atoms with E-state index in [1.54, 1.807) is 0 Å². The first-order chi connectivity index (χ1) is 9.52. The van der Waals surface area contributed by atoms with Crippen LogP contribution in [0.4, 0.5) is 0 Å². The molecule has 1 fully saturated rings. The summed E-state index contributed by atoms with van der Waals surface area (Å²) in [5.74, 6) is 0. The number of hydrogen-bond acceptors (Lipinski definition) is 2. The molecule has 0 radical (unpaired) electrons. The number of aromatic amines is 1. The van der Waals surface area contributed by atoms with E-state index in [1.165, 1.54) is 31.2 Å². The standard InChI is InChI=1S/C15H20BrN3S/c1-18(2)15(7-3-4-8-15)10-19-13-6-5-11(16)9-12(13)17-14(19)20/h5-6,9H,3-4,7-8,10H2,1-2H3,(H,17,20). The second-order valence-electron chi connectivity index (χ2n) is 6.00. The summed E-state index contributed by atoms with van der Waals surface area (Å²) < 4.78 is 4.17. The summed E-state index contributed by atoms with van der Waals surface area (Å²) in [6.45, 7) is 0.973. The maximum atomic E-state index is 5.54. The van der Waals surface area contributed by atoms with Crippen LogP contribution in [0.3, 0.4) is 0 Å². The molecule has 1 aromatic heterocycles. The lowest BCUT2D eigenvalue weighted by molar-refractivity contribution is 0.135. The molecule has 3 nitrogen and oxygen atoms in total. The van der Waals surface area contributed by atoms with Crippen LogP contribution in [-0.4, -0.2) is 34.1 Å². The number of likely N-dealkylation sites (N-methyl/N-ethyl adjacent to an activating group) is 1. The van der Waals surface area contributed by atoms with Crippen molar-refractivity contribution in [1.82, 2.24) is 14.5 Å². The molecule has 20 heavy (non-hydrogen) atoms. The Morgan fingerprint density at radius 2 is 2.05 bits per heavy atom. The lowest BCUT2D eigenvalue weighted by atomic mass is 9.96. The second kappa shape index (κ2) is 5.28. The van der Waals surface area contributed by atoms with Crippen LogP contribution in [-0.2, 0) is 6.54 Å². The van der Waals surface area contributed by atoms with Gasteiger partial charge in [-0.2, -0.15) is 0 Å². The van der Waals surface area contributed by atoms with Gasteiger partial charge in [0.1, 0.15) is 0 Å². The lowest BCUT2D eigenvalue weighted by Crippen LogP contribution is -2.45. The van der Waals surface area contributed by atoms with E-state index in [4.69, 9.17) is 12.2 Å². The lowest BCUT2D eigenvalue weighted by Gasteiger charge is -2.36. The summed E-state index contributed by atoms with van der Waals surface area (Å²) in [5.41, 5.74) is 2.56. The summed E-state index contributed by atoms with van der Waals surface area (Å²) in [6.07, 6.45) is 5.15. The first kappa shape index (κ1) is 14.3. The minimum absolute atomic E-state index is 0.250. The molecule has 5 heteroatoms. The van der Waals surface area contributed by atoms with E-state index in [-0.39, 0.29) is 5.54 Å². The molecular formula is C15H20BrN3S. The molecule has 108 valence electrons. The van der Waals surface area contributed by atoms with E-state index in [1.807, 2.05) is 0 Å². The molecule has 1 saturated carbocycles. The fraction of sp³-hybridized carbons (Fsp3) is 0.533. The topological polar surface area (TPSA) is 24.0 Å². The van der Waals surface area contributed by atoms with Crippen molar-refractivity contribution in [2.45, 2.75) is 37.8 Å². The van der Waals surface area contributed by atoms with E-state index in [0.717, 1.165) is 21.3 Å². The number of halogens is 1. The van der Waals surface area contributed by atoms with Gasteiger partial charge in [-0.25, -0.2) is 0 Å². The SMILES string of the molecule is CN(C)C1(Cn2c(=S)[nH]c3cc(Br)ccc32)CCCC1. The molecule has 0 amide bonds. The number of fused-ring (bicyclic) bond motifs is 1. The smallest absolute Gasteiger partial charge is 0.178 e. The molecule has 0 saturated heterocycles. The fourth-order valence-electron chi connectivity index (χ4n) is 3.37. The normalized spacial score (nSPS) is 18.2. The van der Waals surface area contributed by atoms with Crippen LogP contribution in [0.25, 0.3) is 11.0 Å². The molecule has 3 rings (SSSR count). The third kappa shape index (κ3) is 2.36. The number of benzene rings is 1. The monoisotopic (exact) mass is 353 g/mol. The first-order valence-electron chi connectivity index (χ1n) is 7.07. The Hall–Kier alpha value is -0.650. The fourth-order valence-corrected chi connectivity index (χ4v) is 4.00. The molecule has 1 aliphatic rings. The first-order valence-corrected chi connectivity index (χ1v) is 8.27. The molecule has 0 spiro atoms. The molecule has 0 unspecified atom stereocenters. The molecule has 2 aromatic rings. The minimum Gasteiger partial charge on any atom is -0.331 e. The summed E-state index contributed by atoms with van der Waals surface area (Å²) in [4.78, 5) is 5.72. The van der Waals surface area contributed by atoms with E-state index in [2.05, 4.69) is 62.7 Å². The number of hydrogen-bond donors (Lipinski definition) is 1. The second-order valence-corrected chi connectivity index (χ2v) is 7.31. The van der Waals surface area contributed by atoms with Crippen molar-refractivity contribution in [2.75, 3.05) is 14.1 Å². The van der Waals surface area contributed by atoms with Crippen molar-refractivity contribution in [3.63, 3.8) is 0 Å². The van der Waals surface area contributed by atoms with Gasteiger partial charge in [-0.3, -0.25) is 0 Å². The summed E-state index contributed by atoms with van der Waals surface area (Å²) >= 11 is 9.06. The van der Waals surface area contributed by atoms with Crippen LogP contribution in [0.5, 0.6) is 0 Å². The quantitative estimate of drug-likeness (QED) is 0.830. The zero-order valence-corrected chi connectivity index (χ0v) is 14.4. The van der Waals surface area contributed by atoms with Crippen LogP contribution in [0, 0.1) is 4.77 Å². The van der Waals surface area contributed by atoms with Crippen LogP contribution in [0.15, 0.2) is 22.7 Å². The zero-order chi connectivity index (χ0) is 14.3. The summed E-state index contributed by atoms with van der Waals surface area (Å²) in [7, 11) is 4.39. The Balaban J connectivity index is 2.06. The molecular weight excluding hydrogens is 334 g/mol. The average molecular weight is 354 g/mol. The molecule has 1 aromatic carbocycles. The van der Waals surface area contributed by atoms with Crippen molar-refractivity contribution >= 4 is 39.2 Å². The Morgan fingerprint density at radius 1 is 1.35 bits per heavy atom. The Morgan fingerprint density at radius 3 is 2.70 bits per heavy atom. The summed E-state index contributed by atoms with van der Waals surface area (Å²) in [6, 6.07) is 6.32. The maximum Gasteiger partial charge on any atom is 0.178 e. The van der Waals surface area contributed by atoms with Crippen molar-refractivity contribution in [3.8, 4) is 0 Å². The van der Waals surface area contributed by atoms with Crippen LogP contribution in [0.1, 0.15) is 25.7 Å². The highest BCUT2D eigenvalue weighted by Gasteiger charge is 2.36. The van der Waals surface area contributed by atoms with Crippen molar-refractivity contribution in [3.05, 3.63) is 27.4 Å². The number of nitrogens with zero attached hydrogens (tertiary/aromatic N) is 2. The van der Waals surface area contributed by atoms with Crippen molar-refractivity contribution in [2.24, 2.45) is 0 Å². The number of nitrogens with one attached hydrogen (secondary N) is 1. The van der Waals surface area contributed by atoms with Gasteiger partial charge in [0.25, 0.3) is 0 Å². The van der Waals surface area contributed by atoms with E-state index >= 15 is 0 Å². The van der Waals surface area contributed by atoms with Crippen LogP contribution < -0.4 is 0 Å². The molecule has 0 aliphatic heterocycles. The zero-order valence-electron chi connectivity index (χ0n) is 11.9. The number of rotatable bonds is 3. The van der Waals surface area contributed by atoms with Gasteiger partial charge < -0.3 is 14.5 Å². The summed E-state index contributed by atoms with van der Waals surface area (Å²) in [5, 5.41) is 0.